The second kappa shape index (κ2) is 14.4. The number of benzene rings is 2. The monoisotopic (exact) mass is 498 g/mol. The summed E-state index contributed by atoms with van der Waals surface area (Å²) in [7, 11) is 3.07. The minimum absolute atomic E-state index is 0.0551. The molecule has 2 unspecified atom stereocenters. The lowest BCUT2D eigenvalue weighted by Crippen LogP contribution is -2.37. The van der Waals surface area contributed by atoms with Crippen molar-refractivity contribution in [1.82, 2.24) is 0 Å². The molecule has 3 rings (SSSR count). The largest absolute Gasteiger partial charge is 0.504 e. The van der Waals surface area contributed by atoms with Crippen LogP contribution < -0.4 is 9.47 Å². The minimum Gasteiger partial charge on any atom is -0.504 e. The van der Waals surface area contributed by atoms with Crippen LogP contribution in [0.5, 0.6) is 23.0 Å². The Morgan fingerprint density at radius 1 is 0.944 bits per heavy atom. The van der Waals surface area contributed by atoms with E-state index in [4.69, 9.17) is 14.2 Å². The van der Waals surface area contributed by atoms with Gasteiger partial charge in [0.2, 0.25) is 0 Å². The van der Waals surface area contributed by atoms with Crippen molar-refractivity contribution in [3.05, 3.63) is 85.5 Å². The fourth-order valence-electron chi connectivity index (χ4n) is 3.54. The van der Waals surface area contributed by atoms with Crippen LogP contribution in [0.4, 0.5) is 0 Å². The Hall–Kier alpha value is -3.22. The first kappa shape index (κ1) is 30.8. The van der Waals surface area contributed by atoms with Crippen molar-refractivity contribution in [2.75, 3.05) is 14.2 Å². The Balaban J connectivity index is 0.000000270. The third kappa shape index (κ3) is 9.80. The van der Waals surface area contributed by atoms with Gasteiger partial charge >= 0.3 is 0 Å². The molecular formula is C30H42O6. The highest BCUT2D eigenvalue weighted by Gasteiger charge is 2.40. The number of methoxy groups -OCH3 is 2. The van der Waals surface area contributed by atoms with E-state index in [1.807, 2.05) is 37.3 Å². The van der Waals surface area contributed by atoms with E-state index in [1.54, 1.807) is 38.1 Å². The molecule has 2 aromatic rings. The van der Waals surface area contributed by atoms with Crippen LogP contribution in [0.2, 0.25) is 0 Å². The highest BCUT2D eigenvalue weighted by molar-refractivity contribution is 5.42. The lowest BCUT2D eigenvalue weighted by Gasteiger charge is -2.28. The van der Waals surface area contributed by atoms with E-state index >= 15 is 0 Å². The van der Waals surface area contributed by atoms with Crippen LogP contribution in [-0.4, -0.2) is 46.8 Å². The van der Waals surface area contributed by atoms with Gasteiger partial charge in [0.1, 0.15) is 0 Å². The van der Waals surface area contributed by atoms with Crippen LogP contribution in [0.25, 0.3) is 0 Å². The number of ether oxygens (including phenoxy) is 3. The summed E-state index contributed by atoms with van der Waals surface area (Å²) in [5.74, 6) is 1.36. The third-order valence-corrected chi connectivity index (χ3v) is 5.78. The SMILES string of the molecule is C=CC1(C)CCC(C(C)(C)O)O1.C=CCc1ccc(O)c(OC)c1.C=CCc1ccc(O)c(OC)c1. The Morgan fingerprint density at radius 3 is 1.67 bits per heavy atom. The first-order valence-electron chi connectivity index (χ1n) is 11.9. The molecule has 6 heteroatoms. The number of hydrogen-bond donors (Lipinski definition) is 3. The van der Waals surface area contributed by atoms with Gasteiger partial charge in [-0.1, -0.05) is 30.4 Å². The van der Waals surface area contributed by atoms with Gasteiger partial charge in [-0.15, -0.1) is 19.7 Å². The van der Waals surface area contributed by atoms with E-state index in [2.05, 4.69) is 19.7 Å². The topological polar surface area (TPSA) is 88.4 Å². The van der Waals surface area contributed by atoms with Crippen LogP contribution in [-0.2, 0) is 17.6 Å². The maximum absolute atomic E-state index is 9.69. The molecule has 2 aromatic carbocycles. The molecule has 1 aliphatic heterocycles. The molecule has 1 aliphatic rings. The molecule has 1 heterocycles. The molecule has 2 atom stereocenters. The molecule has 0 saturated carbocycles. The van der Waals surface area contributed by atoms with E-state index in [0.717, 1.165) is 36.8 Å². The number of phenolic OH excluding ortho intramolecular Hbond substituents is 2. The Kier molecular flexibility index (Phi) is 12.3. The highest BCUT2D eigenvalue weighted by Crippen LogP contribution is 2.35. The maximum atomic E-state index is 9.69. The van der Waals surface area contributed by atoms with Gasteiger partial charge in [-0.25, -0.2) is 0 Å². The van der Waals surface area contributed by atoms with Crippen LogP contribution >= 0.6 is 0 Å². The van der Waals surface area contributed by atoms with Crippen LogP contribution in [0, 0.1) is 0 Å². The predicted molar refractivity (Wildman–Crippen MR) is 146 cm³/mol. The lowest BCUT2D eigenvalue weighted by atomic mass is 9.97. The van der Waals surface area contributed by atoms with E-state index in [1.165, 1.54) is 14.2 Å². The van der Waals surface area contributed by atoms with E-state index in [-0.39, 0.29) is 23.2 Å². The Morgan fingerprint density at radius 2 is 1.39 bits per heavy atom. The Labute approximate surface area is 216 Å². The molecule has 0 amide bonds. The molecule has 1 fully saturated rings. The van der Waals surface area contributed by atoms with Gasteiger partial charge in [-0.2, -0.15) is 0 Å². The number of aromatic hydroxyl groups is 2. The maximum Gasteiger partial charge on any atom is 0.160 e. The predicted octanol–water partition coefficient (Wildman–Crippen LogP) is 6.14. The van der Waals surface area contributed by atoms with Crippen molar-refractivity contribution in [3.8, 4) is 23.0 Å². The van der Waals surface area contributed by atoms with Crippen molar-refractivity contribution >= 4 is 0 Å². The fourth-order valence-corrected chi connectivity index (χ4v) is 3.54. The molecule has 1 saturated heterocycles. The summed E-state index contributed by atoms with van der Waals surface area (Å²) in [4.78, 5) is 0. The lowest BCUT2D eigenvalue weighted by molar-refractivity contribution is -0.0997. The quantitative estimate of drug-likeness (QED) is 0.379. The molecule has 0 aromatic heterocycles. The van der Waals surface area contributed by atoms with Gasteiger partial charge in [-0.05, 0) is 81.8 Å². The van der Waals surface area contributed by atoms with Crippen molar-refractivity contribution in [1.29, 1.82) is 0 Å². The van der Waals surface area contributed by atoms with E-state index < -0.39 is 5.60 Å². The van der Waals surface area contributed by atoms with Crippen LogP contribution in [0.3, 0.4) is 0 Å². The summed E-state index contributed by atoms with van der Waals surface area (Å²) in [6, 6.07) is 10.5. The number of allylic oxidation sites excluding steroid dienone is 2. The van der Waals surface area contributed by atoms with Crippen molar-refractivity contribution < 1.29 is 29.5 Å². The van der Waals surface area contributed by atoms with Crippen molar-refractivity contribution in [2.45, 2.75) is 63.8 Å². The van der Waals surface area contributed by atoms with Gasteiger partial charge in [0, 0.05) is 0 Å². The van der Waals surface area contributed by atoms with Crippen molar-refractivity contribution in [2.24, 2.45) is 0 Å². The third-order valence-electron chi connectivity index (χ3n) is 5.78. The summed E-state index contributed by atoms with van der Waals surface area (Å²) >= 11 is 0. The highest BCUT2D eigenvalue weighted by atomic mass is 16.5. The van der Waals surface area contributed by atoms with Gasteiger partial charge in [0.05, 0.1) is 31.5 Å². The molecule has 36 heavy (non-hydrogen) atoms. The van der Waals surface area contributed by atoms with Crippen molar-refractivity contribution in [3.63, 3.8) is 0 Å². The molecule has 0 bridgehead atoms. The smallest absolute Gasteiger partial charge is 0.160 e. The number of rotatable bonds is 8. The molecule has 198 valence electrons. The zero-order chi connectivity index (χ0) is 27.4. The normalized spacial score (nSPS) is 18.6. The first-order valence-corrected chi connectivity index (χ1v) is 11.9. The van der Waals surface area contributed by atoms with Gasteiger partial charge in [0.15, 0.2) is 23.0 Å². The summed E-state index contributed by atoms with van der Waals surface area (Å²) in [5.41, 5.74) is 1.20. The summed E-state index contributed by atoms with van der Waals surface area (Å²) in [6.07, 6.45) is 8.82. The van der Waals surface area contributed by atoms with E-state index in [9.17, 15) is 15.3 Å². The minimum atomic E-state index is -0.735. The molecule has 0 aliphatic carbocycles. The zero-order valence-electron chi connectivity index (χ0n) is 22.3. The number of hydrogen-bond acceptors (Lipinski definition) is 6. The molecule has 0 radical (unpaired) electrons. The van der Waals surface area contributed by atoms with Gasteiger partial charge in [0.25, 0.3) is 0 Å². The summed E-state index contributed by atoms with van der Waals surface area (Å²) in [5, 5.41) is 28.2. The second-order valence-corrected chi connectivity index (χ2v) is 9.31. The van der Waals surface area contributed by atoms with Gasteiger partial charge in [-0.3, -0.25) is 0 Å². The molecule has 6 nitrogen and oxygen atoms in total. The molecule has 0 spiro atoms. The number of aliphatic hydroxyl groups is 1. The zero-order valence-corrected chi connectivity index (χ0v) is 22.3. The molecule has 3 N–H and O–H groups in total. The van der Waals surface area contributed by atoms with Gasteiger partial charge < -0.3 is 29.5 Å². The standard InChI is InChI=1S/C10H18O2.2C10H12O2/c1-5-10(4)7-6-8(12-10)9(2,3)11;2*1-3-4-8-5-6-9(11)10(7-8)12-2/h5,8,11H,1,6-7H2,2-4H3;2*3,5-7,11H,1,4H2,2H3. The number of phenols is 2. The average molecular weight is 499 g/mol. The first-order chi connectivity index (χ1) is 16.9. The van der Waals surface area contributed by atoms with E-state index in [0.29, 0.717) is 11.5 Å². The second-order valence-electron chi connectivity index (χ2n) is 9.31. The average Bonchev–Trinajstić information content (AvgIpc) is 3.26. The molecular weight excluding hydrogens is 456 g/mol. The summed E-state index contributed by atoms with van der Waals surface area (Å²) in [6.45, 7) is 16.6. The van der Waals surface area contributed by atoms with Crippen LogP contribution in [0.15, 0.2) is 74.4 Å². The Bertz CT molecular complexity index is 932. The fraction of sp³-hybridized carbons (Fsp3) is 0.400. The van der Waals surface area contributed by atoms with Crippen LogP contribution in [0.1, 0.15) is 44.7 Å². The summed E-state index contributed by atoms with van der Waals surface area (Å²) < 4.78 is 15.6.